The molecule has 0 nitrogen and oxygen atoms in total. The van der Waals surface area contributed by atoms with Crippen LogP contribution >= 0.6 is 22.6 Å². The summed E-state index contributed by atoms with van der Waals surface area (Å²) in [6.45, 7) is 6.66. The van der Waals surface area contributed by atoms with Gasteiger partial charge in [-0.2, -0.15) is 0 Å². The van der Waals surface area contributed by atoms with Crippen LogP contribution in [0.1, 0.15) is 30.0 Å². The van der Waals surface area contributed by atoms with Gasteiger partial charge in [0, 0.05) is 3.57 Å². The van der Waals surface area contributed by atoms with Crippen LogP contribution in [-0.4, -0.2) is 0 Å². The van der Waals surface area contributed by atoms with Crippen LogP contribution in [0.5, 0.6) is 0 Å². The Morgan fingerprint density at radius 1 is 1.25 bits per heavy atom. The molecule has 0 aliphatic rings. The highest BCUT2D eigenvalue weighted by Crippen LogP contribution is 2.20. The predicted octanol–water partition coefficient (Wildman–Crippen LogP) is 3.86. The molecule has 0 heterocycles. The smallest absolute Gasteiger partial charge is 0.0162 e. The normalized spacial score (nSPS) is 10.3. The van der Waals surface area contributed by atoms with Crippen molar-refractivity contribution in [1.82, 2.24) is 0 Å². The van der Waals surface area contributed by atoms with E-state index in [1.54, 1.807) is 5.56 Å². The lowest BCUT2D eigenvalue weighted by Gasteiger charge is -2.09. The fourth-order valence-electron chi connectivity index (χ4n) is 1.50. The highest BCUT2D eigenvalue weighted by Gasteiger charge is 2.03. The van der Waals surface area contributed by atoms with E-state index in [2.05, 4.69) is 55.5 Å². The van der Waals surface area contributed by atoms with Crippen molar-refractivity contribution in [2.45, 2.75) is 33.6 Å². The molecule has 0 N–H and O–H groups in total. The van der Waals surface area contributed by atoms with Crippen molar-refractivity contribution in [3.63, 3.8) is 0 Å². The molecule has 0 fully saturated rings. The second-order valence-electron chi connectivity index (χ2n) is 3.22. The zero-order valence-electron chi connectivity index (χ0n) is 7.95. The van der Waals surface area contributed by atoms with Gasteiger partial charge in [0.15, 0.2) is 0 Å². The molecule has 0 radical (unpaired) electrons. The van der Waals surface area contributed by atoms with Crippen LogP contribution in [0.3, 0.4) is 0 Å². The fraction of sp³-hybridized carbons (Fsp3) is 0.455. The molecule has 1 heteroatoms. The van der Waals surface area contributed by atoms with Gasteiger partial charge >= 0.3 is 0 Å². The Morgan fingerprint density at radius 2 is 1.92 bits per heavy atom. The number of hydrogen-bond acceptors (Lipinski definition) is 0. The Balaban J connectivity index is 3.14. The minimum Gasteiger partial charge on any atom is -0.0651 e. The van der Waals surface area contributed by atoms with Gasteiger partial charge in [-0.1, -0.05) is 19.4 Å². The van der Waals surface area contributed by atoms with Crippen LogP contribution in [0.4, 0.5) is 0 Å². The second-order valence-corrected chi connectivity index (χ2v) is 4.38. The van der Waals surface area contributed by atoms with Gasteiger partial charge < -0.3 is 0 Å². The van der Waals surface area contributed by atoms with E-state index in [4.69, 9.17) is 0 Å². The first-order chi connectivity index (χ1) is 5.66. The lowest BCUT2D eigenvalue weighted by molar-refractivity contribution is 0.901. The van der Waals surface area contributed by atoms with Gasteiger partial charge in [0.1, 0.15) is 0 Å². The first kappa shape index (κ1) is 10.0. The van der Waals surface area contributed by atoms with E-state index in [1.165, 1.54) is 27.5 Å². The SMILES string of the molecule is CCCc1c(C)ccc(I)c1C. The molecule has 0 atom stereocenters. The maximum Gasteiger partial charge on any atom is 0.0162 e. The van der Waals surface area contributed by atoms with Crippen LogP contribution < -0.4 is 0 Å². The Kier molecular flexibility index (Phi) is 3.56. The summed E-state index contributed by atoms with van der Waals surface area (Å²) in [5.74, 6) is 0. The molecular formula is C11H15I. The van der Waals surface area contributed by atoms with Crippen molar-refractivity contribution in [2.75, 3.05) is 0 Å². The Morgan fingerprint density at radius 3 is 2.50 bits per heavy atom. The maximum absolute atomic E-state index is 2.41. The van der Waals surface area contributed by atoms with Gasteiger partial charge in [-0.15, -0.1) is 0 Å². The molecule has 0 amide bonds. The zero-order valence-corrected chi connectivity index (χ0v) is 10.1. The molecule has 12 heavy (non-hydrogen) atoms. The van der Waals surface area contributed by atoms with Gasteiger partial charge in [0.25, 0.3) is 0 Å². The molecule has 0 aliphatic heterocycles. The van der Waals surface area contributed by atoms with Crippen LogP contribution in [0, 0.1) is 17.4 Å². The summed E-state index contributed by atoms with van der Waals surface area (Å²) in [6.07, 6.45) is 2.45. The van der Waals surface area contributed by atoms with E-state index in [0.717, 1.165) is 0 Å². The molecule has 1 rings (SSSR count). The summed E-state index contributed by atoms with van der Waals surface area (Å²) in [7, 11) is 0. The third-order valence-corrected chi connectivity index (χ3v) is 3.44. The predicted molar refractivity (Wildman–Crippen MR) is 62.6 cm³/mol. The minimum atomic E-state index is 1.22. The summed E-state index contributed by atoms with van der Waals surface area (Å²) in [5, 5.41) is 0. The first-order valence-corrected chi connectivity index (χ1v) is 5.49. The van der Waals surface area contributed by atoms with Crippen molar-refractivity contribution in [1.29, 1.82) is 0 Å². The average Bonchev–Trinajstić information content (AvgIpc) is 2.06. The highest BCUT2D eigenvalue weighted by molar-refractivity contribution is 14.1. The van der Waals surface area contributed by atoms with Crippen molar-refractivity contribution < 1.29 is 0 Å². The highest BCUT2D eigenvalue weighted by atomic mass is 127. The molecular weight excluding hydrogens is 259 g/mol. The van der Waals surface area contributed by atoms with Crippen molar-refractivity contribution in [3.8, 4) is 0 Å². The second kappa shape index (κ2) is 4.26. The van der Waals surface area contributed by atoms with Crippen LogP contribution in [0.2, 0.25) is 0 Å². The van der Waals surface area contributed by atoms with Gasteiger partial charge in [0.05, 0.1) is 0 Å². The molecule has 0 aromatic heterocycles. The number of halogens is 1. The monoisotopic (exact) mass is 274 g/mol. The third kappa shape index (κ3) is 2.00. The average molecular weight is 274 g/mol. The van der Waals surface area contributed by atoms with E-state index < -0.39 is 0 Å². The summed E-state index contributed by atoms with van der Waals surface area (Å²) in [4.78, 5) is 0. The van der Waals surface area contributed by atoms with Crippen molar-refractivity contribution >= 4 is 22.6 Å². The lowest BCUT2D eigenvalue weighted by atomic mass is 9.99. The van der Waals surface area contributed by atoms with Gasteiger partial charge in [-0.3, -0.25) is 0 Å². The molecule has 0 saturated carbocycles. The lowest BCUT2D eigenvalue weighted by Crippen LogP contribution is -1.95. The quantitative estimate of drug-likeness (QED) is 0.718. The molecule has 0 aliphatic carbocycles. The van der Waals surface area contributed by atoms with Crippen LogP contribution in [0.15, 0.2) is 12.1 Å². The first-order valence-electron chi connectivity index (χ1n) is 4.41. The van der Waals surface area contributed by atoms with E-state index in [-0.39, 0.29) is 0 Å². The molecule has 0 saturated heterocycles. The molecule has 0 unspecified atom stereocenters. The fourth-order valence-corrected chi connectivity index (χ4v) is 2.00. The topological polar surface area (TPSA) is 0 Å². The minimum absolute atomic E-state index is 1.22. The largest absolute Gasteiger partial charge is 0.0651 e. The Hall–Kier alpha value is -0.0500. The molecule has 0 spiro atoms. The van der Waals surface area contributed by atoms with Gasteiger partial charge in [-0.25, -0.2) is 0 Å². The van der Waals surface area contributed by atoms with Gasteiger partial charge in [-0.05, 0) is 65.6 Å². The standard InChI is InChI=1S/C11H15I/c1-4-5-10-8(2)6-7-11(12)9(10)3/h6-7H,4-5H2,1-3H3. The zero-order chi connectivity index (χ0) is 9.14. The molecule has 1 aromatic carbocycles. The Bertz CT molecular complexity index is 277. The summed E-state index contributed by atoms with van der Waals surface area (Å²) in [5.41, 5.74) is 4.46. The van der Waals surface area contributed by atoms with E-state index in [0.29, 0.717) is 0 Å². The molecule has 66 valence electrons. The number of aryl methyl sites for hydroxylation is 1. The summed E-state index contributed by atoms with van der Waals surface area (Å²) in [6, 6.07) is 4.42. The number of hydrogen-bond donors (Lipinski definition) is 0. The number of benzene rings is 1. The van der Waals surface area contributed by atoms with Crippen molar-refractivity contribution in [2.24, 2.45) is 0 Å². The van der Waals surface area contributed by atoms with E-state index >= 15 is 0 Å². The summed E-state index contributed by atoms with van der Waals surface area (Å²) >= 11 is 2.41. The van der Waals surface area contributed by atoms with Crippen LogP contribution in [-0.2, 0) is 6.42 Å². The van der Waals surface area contributed by atoms with E-state index in [1.807, 2.05) is 0 Å². The summed E-state index contributed by atoms with van der Waals surface area (Å²) < 4.78 is 1.39. The molecule has 1 aromatic rings. The number of rotatable bonds is 2. The maximum atomic E-state index is 2.41. The van der Waals surface area contributed by atoms with Crippen molar-refractivity contribution in [3.05, 3.63) is 32.4 Å². The van der Waals surface area contributed by atoms with E-state index in [9.17, 15) is 0 Å². The third-order valence-electron chi connectivity index (χ3n) is 2.27. The van der Waals surface area contributed by atoms with Gasteiger partial charge in [0.2, 0.25) is 0 Å². The molecule has 0 bridgehead atoms. The Labute approximate surface area is 88.5 Å². The van der Waals surface area contributed by atoms with Crippen LogP contribution in [0.25, 0.3) is 0 Å².